The van der Waals surface area contributed by atoms with Crippen molar-refractivity contribution in [1.29, 1.82) is 0 Å². The average molecular weight is 341 g/mol. The van der Waals surface area contributed by atoms with Crippen LogP contribution in [0.2, 0.25) is 0 Å². The first-order valence-electron chi connectivity index (χ1n) is 7.06. The highest BCUT2D eigenvalue weighted by Gasteiger charge is 2.18. The minimum Gasteiger partial charge on any atom is -0.481 e. The van der Waals surface area contributed by atoms with Crippen LogP contribution in [0.1, 0.15) is 19.8 Å². The molecular weight excluding hydrogens is 320 g/mol. The number of amides is 1. The van der Waals surface area contributed by atoms with Crippen LogP contribution in [0.15, 0.2) is 28.7 Å². The van der Waals surface area contributed by atoms with Crippen LogP contribution in [0, 0.1) is 5.92 Å². The summed E-state index contributed by atoms with van der Waals surface area (Å²) in [5, 5.41) is 6.32. The van der Waals surface area contributed by atoms with Crippen LogP contribution in [0.25, 0.3) is 0 Å². The number of rotatable bonds is 5. The van der Waals surface area contributed by atoms with Crippen LogP contribution in [-0.4, -0.2) is 31.6 Å². The number of carbonyl (C=O) groups is 1. The van der Waals surface area contributed by atoms with Gasteiger partial charge in [0.05, 0.1) is 0 Å². The lowest BCUT2D eigenvalue weighted by atomic mass is 10.00. The zero-order valence-corrected chi connectivity index (χ0v) is 13.3. The normalized spacial score (nSPS) is 20.2. The molecule has 1 aromatic rings. The molecular formula is C15H21BrN2O2. The number of carbonyl (C=O) groups excluding carboxylic acids is 1. The zero-order chi connectivity index (χ0) is 14.4. The third kappa shape index (κ3) is 4.80. The van der Waals surface area contributed by atoms with Crippen LogP contribution in [-0.2, 0) is 4.79 Å². The van der Waals surface area contributed by atoms with Crippen molar-refractivity contribution in [2.45, 2.75) is 25.9 Å². The lowest BCUT2D eigenvalue weighted by molar-refractivity contribution is -0.127. The molecule has 4 nitrogen and oxygen atoms in total. The predicted octanol–water partition coefficient (Wildman–Crippen LogP) is 2.33. The predicted molar refractivity (Wildman–Crippen MR) is 82.8 cm³/mol. The molecule has 1 aromatic carbocycles. The summed E-state index contributed by atoms with van der Waals surface area (Å²) in [7, 11) is 0. The van der Waals surface area contributed by atoms with E-state index in [1.54, 1.807) is 6.92 Å². The molecule has 5 heteroatoms. The quantitative estimate of drug-likeness (QED) is 0.864. The van der Waals surface area contributed by atoms with Crippen LogP contribution in [0.4, 0.5) is 0 Å². The second-order valence-electron chi connectivity index (χ2n) is 5.17. The van der Waals surface area contributed by atoms with Crippen LogP contribution < -0.4 is 15.4 Å². The molecule has 2 rings (SSSR count). The highest BCUT2D eigenvalue weighted by molar-refractivity contribution is 9.10. The Morgan fingerprint density at radius 1 is 1.60 bits per heavy atom. The van der Waals surface area contributed by atoms with Crippen LogP contribution in [0.5, 0.6) is 5.75 Å². The number of nitrogens with one attached hydrogen (secondary N) is 2. The summed E-state index contributed by atoms with van der Waals surface area (Å²) >= 11 is 3.38. The number of halogens is 1. The van der Waals surface area contributed by atoms with Gasteiger partial charge >= 0.3 is 0 Å². The summed E-state index contributed by atoms with van der Waals surface area (Å²) in [4.78, 5) is 12.0. The maximum absolute atomic E-state index is 12.0. The SMILES string of the molecule is CC(Oc1cccc(Br)c1)C(=O)NCC1CCCNC1. The Bertz CT molecular complexity index is 447. The first kappa shape index (κ1) is 15.3. The van der Waals surface area contributed by atoms with Gasteiger partial charge in [-0.05, 0) is 57.0 Å². The first-order chi connectivity index (χ1) is 9.65. The van der Waals surface area contributed by atoms with Gasteiger partial charge < -0.3 is 15.4 Å². The van der Waals surface area contributed by atoms with Crippen LogP contribution >= 0.6 is 15.9 Å². The molecule has 110 valence electrons. The van der Waals surface area contributed by atoms with Crippen molar-refractivity contribution in [2.24, 2.45) is 5.92 Å². The minimum atomic E-state index is -0.485. The maximum Gasteiger partial charge on any atom is 0.260 e. The Balaban J connectivity index is 1.76. The molecule has 0 spiro atoms. The number of benzene rings is 1. The van der Waals surface area contributed by atoms with Gasteiger partial charge in [0.25, 0.3) is 5.91 Å². The van der Waals surface area contributed by atoms with E-state index in [-0.39, 0.29) is 5.91 Å². The summed E-state index contributed by atoms with van der Waals surface area (Å²) in [5.74, 6) is 1.17. The van der Waals surface area contributed by atoms with Gasteiger partial charge in [-0.1, -0.05) is 22.0 Å². The summed E-state index contributed by atoms with van der Waals surface area (Å²) < 4.78 is 6.58. The lowest BCUT2D eigenvalue weighted by Gasteiger charge is -2.23. The topological polar surface area (TPSA) is 50.4 Å². The Labute approximate surface area is 128 Å². The Morgan fingerprint density at radius 2 is 2.45 bits per heavy atom. The van der Waals surface area contributed by atoms with E-state index >= 15 is 0 Å². The Morgan fingerprint density at radius 3 is 3.15 bits per heavy atom. The number of piperidine rings is 1. The first-order valence-corrected chi connectivity index (χ1v) is 7.85. The molecule has 1 aliphatic rings. The van der Waals surface area contributed by atoms with Gasteiger partial charge in [-0.15, -0.1) is 0 Å². The molecule has 2 atom stereocenters. The third-order valence-corrected chi connectivity index (χ3v) is 3.94. The zero-order valence-electron chi connectivity index (χ0n) is 11.7. The fourth-order valence-corrected chi connectivity index (χ4v) is 2.66. The second kappa shape index (κ2) is 7.64. The molecule has 1 heterocycles. The minimum absolute atomic E-state index is 0.0597. The molecule has 2 N–H and O–H groups in total. The summed E-state index contributed by atoms with van der Waals surface area (Å²) in [6.07, 6.45) is 1.87. The molecule has 1 fully saturated rings. The molecule has 1 amide bonds. The number of hydrogen-bond donors (Lipinski definition) is 2. The highest BCUT2D eigenvalue weighted by Crippen LogP contribution is 2.19. The molecule has 20 heavy (non-hydrogen) atoms. The smallest absolute Gasteiger partial charge is 0.260 e. The molecule has 0 saturated carbocycles. The van der Waals surface area contributed by atoms with E-state index in [0.29, 0.717) is 11.7 Å². The highest BCUT2D eigenvalue weighted by atomic mass is 79.9. The van der Waals surface area contributed by atoms with Gasteiger partial charge in [-0.25, -0.2) is 0 Å². The van der Waals surface area contributed by atoms with Gasteiger partial charge in [-0.2, -0.15) is 0 Å². The second-order valence-corrected chi connectivity index (χ2v) is 6.09. The van der Waals surface area contributed by atoms with Crippen molar-refractivity contribution >= 4 is 21.8 Å². The van der Waals surface area contributed by atoms with Crippen molar-refractivity contribution in [3.05, 3.63) is 28.7 Å². The van der Waals surface area contributed by atoms with Gasteiger partial charge in [0.15, 0.2) is 6.10 Å². The molecule has 1 aliphatic heterocycles. The third-order valence-electron chi connectivity index (χ3n) is 3.44. The fourth-order valence-electron chi connectivity index (χ4n) is 2.28. The summed E-state index contributed by atoms with van der Waals surface area (Å²) in [6, 6.07) is 7.51. The summed E-state index contributed by atoms with van der Waals surface area (Å²) in [6.45, 7) is 4.57. The van der Waals surface area contributed by atoms with E-state index < -0.39 is 6.10 Å². The number of hydrogen-bond acceptors (Lipinski definition) is 3. The van der Waals surface area contributed by atoms with E-state index in [2.05, 4.69) is 26.6 Å². The lowest BCUT2D eigenvalue weighted by Crippen LogP contribution is -2.42. The van der Waals surface area contributed by atoms with E-state index in [9.17, 15) is 4.79 Å². The van der Waals surface area contributed by atoms with E-state index in [4.69, 9.17) is 4.74 Å². The molecule has 1 saturated heterocycles. The maximum atomic E-state index is 12.0. The van der Waals surface area contributed by atoms with Crippen molar-refractivity contribution < 1.29 is 9.53 Å². The molecule has 0 aromatic heterocycles. The van der Waals surface area contributed by atoms with Gasteiger partial charge in [0.1, 0.15) is 5.75 Å². The fraction of sp³-hybridized carbons (Fsp3) is 0.533. The Kier molecular flexibility index (Phi) is 5.86. The van der Waals surface area contributed by atoms with Crippen molar-refractivity contribution in [2.75, 3.05) is 19.6 Å². The number of ether oxygens (including phenoxy) is 1. The van der Waals surface area contributed by atoms with Gasteiger partial charge in [-0.3, -0.25) is 4.79 Å². The van der Waals surface area contributed by atoms with Crippen molar-refractivity contribution in [3.8, 4) is 5.75 Å². The van der Waals surface area contributed by atoms with E-state index in [1.807, 2.05) is 24.3 Å². The molecule has 0 bridgehead atoms. The van der Waals surface area contributed by atoms with Crippen molar-refractivity contribution in [3.63, 3.8) is 0 Å². The summed E-state index contributed by atoms with van der Waals surface area (Å²) in [5.41, 5.74) is 0. The monoisotopic (exact) mass is 340 g/mol. The largest absolute Gasteiger partial charge is 0.481 e. The molecule has 0 radical (unpaired) electrons. The van der Waals surface area contributed by atoms with E-state index in [1.165, 1.54) is 12.8 Å². The average Bonchev–Trinajstić information content (AvgIpc) is 2.46. The van der Waals surface area contributed by atoms with Crippen LogP contribution in [0.3, 0.4) is 0 Å². The standard InChI is InChI=1S/C15H21BrN2O2/c1-11(20-14-6-2-5-13(16)8-14)15(19)18-10-12-4-3-7-17-9-12/h2,5-6,8,11-12,17H,3-4,7,9-10H2,1H3,(H,18,19). The van der Waals surface area contributed by atoms with Gasteiger partial charge in [0.2, 0.25) is 0 Å². The molecule has 2 unspecified atom stereocenters. The van der Waals surface area contributed by atoms with Crippen molar-refractivity contribution in [1.82, 2.24) is 10.6 Å². The van der Waals surface area contributed by atoms with E-state index in [0.717, 1.165) is 24.1 Å². The van der Waals surface area contributed by atoms with Gasteiger partial charge in [0, 0.05) is 11.0 Å². The Hall–Kier alpha value is -1.07. The molecule has 0 aliphatic carbocycles.